The Morgan fingerprint density at radius 2 is 0.775 bits per heavy atom. The number of benzene rings is 6. The predicted octanol–water partition coefficient (Wildman–Crippen LogP) is 8.89. The van der Waals surface area contributed by atoms with Gasteiger partial charge in [0.25, 0.3) is 0 Å². The standard InChI is InChI=1S/C37H27O2P/c38-37(39-40(32-22-12-4-13-23-32)33-24-14-5-15-25-33)36-34(29-18-8-2-9-19-29)26-31(28-16-6-1-7-17-28)27-35(36)30-20-10-3-11-21-30/h1-27H. The molecule has 0 spiro atoms. The predicted molar refractivity (Wildman–Crippen MR) is 167 cm³/mol. The van der Waals surface area contributed by atoms with E-state index in [-0.39, 0.29) is 5.97 Å². The van der Waals surface area contributed by atoms with E-state index in [4.69, 9.17) is 4.52 Å². The fourth-order valence-electron chi connectivity index (χ4n) is 4.86. The summed E-state index contributed by atoms with van der Waals surface area (Å²) in [5.41, 5.74) is 6.33. The highest BCUT2D eigenvalue weighted by atomic mass is 31.1. The van der Waals surface area contributed by atoms with E-state index in [1.54, 1.807) is 0 Å². The Kier molecular flexibility index (Phi) is 7.62. The first kappa shape index (κ1) is 25.5. The van der Waals surface area contributed by atoms with E-state index in [0.717, 1.165) is 44.0 Å². The molecule has 6 aromatic carbocycles. The number of hydrogen-bond donors (Lipinski definition) is 0. The van der Waals surface area contributed by atoms with Crippen LogP contribution in [0.2, 0.25) is 0 Å². The second kappa shape index (κ2) is 11.9. The molecule has 0 radical (unpaired) electrons. The van der Waals surface area contributed by atoms with Gasteiger partial charge < -0.3 is 4.52 Å². The number of hydrogen-bond acceptors (Lipinski definition) is 2. The Morgan fingerprint density at radius 3 is 1.18 bits per heavy atom. The van der Waals surface area contributed by atoms with Crippen LogP contribution in [-0.4, -0.2) is 5.97 Å². The van der Waals surface area contributed by atoms with Gasteiger partial charge in [-0.2, -0.15) is 0 Å². The van der Waals surface area contributed by atoms with Gasteiger partial charge in [-0.3, -0.25) is 0 Å². The summed E-state index contributed by atoms with van der Waals surface area (Å²) in [5, 5.41) is 1.97. The lowest BCUT2D eigenvalue weighted by atomic mass is 9.88. The molecule has 6 aromatic rings. The maximum atomic E-state index is 14.4. The van der Waals surface area contributed by atoms with E-state index in [0.29, 0.717) is 5.56 Å². The molecule has 192 valence electrons. The lowest BCUT2D eigenvalue weighted by Crippen LogP contribution is -2.17. The molecule has 0 fully saturated rings. The highest BCUT2D eigenvalue weighted by Crippen LogP contribution is 2.42. The highest BCUT2D eigenvalue weighted by molar-refractivity contribution is 7.69. The molecule has 0 aromatic heterocycles. The fourth-order valence-corrected chi connectivity index (χ4v) is 6.51. The average Bonchev–Trinajstić information content (AvgIpc) is 3.05. The summed E-state index contributed by atoms with van der Waals surface area (Å²) >= 11 is 0. The Balaban J connectivity index is 1.56. The molecule has 0 N–H and O–H groups in total. The topological polar surface area (TPSA) is 26.3 Å². The molecule has 0 amide bonds. The van der Waals surface area contributed by atoms with E-state index >= 15 is 0 Å². The SMILES string of the molecule is O=C(OP(c1ccccc1)c1ccccc1)c1c(-c2ccccc2)cc(-c2ccccc2)cc1-c1ccccc1. The zero-order valence-electron chi connectivity index (χ0n) is 21.9. The monoisotopic (exact) mass is 534 g/mol. The van der Waals surface area contributed by atoms with Gasteiger partial charge in [-0.15, -0.1) is 0 Å². The van der Waals surface area contributed by atoms with Crippen molar-refractivity contribution in [2.24, 2.45) is 0 Å². The van der Waals surface area contributed by atoms with Gasteiger partial charge in [0.15, 0.2) is 8.15 Å². The molecule has 0 atom stereocenters. The van der Waals surface area contributed by atoms with E-state index in [1.807, 2.05) is 140 Å². The Bertz CT molecular complexity index is 1600. The molecule has 0 unspecified atom stereocenters. The van der Waals surface area contributed by atoms with Crippen LogP contribution >= 0.6 is 8.15 Å². The van der Waals surface area contributed by atoms with Gasteiger partial charge in [0.1, 0.15) is 0 Å². The first-order chi connectivity index (χ1) is 19.8. The van der Waals surface area contributed by atoms with Crippen LogP contribution in [0.15, 0.2) is 164 Å². The third kappa shape index (κ3) is 5.50. The number of carbonyl (C=O) groups excluding carboxylic acids is 1. The molecule has 6 rings (SSSR count). The molecule has 2 nitrogen and oxygen atoms in total. The quantitative estimate of drug-likeness (QED) is 0.191. The smallest absolute Gasteiger partial charge is 0.342 e. The molecule has 0 heterocycles. The van der Waals surface area contributed by atoms with Crippen molar-refractivity contribution in [1.29, 1.82) is 0 Å². The molecule has 0 saturated carbocycles. The van der Waals surface area contributed by atoms with Gasteiger partial charge >= 0.3 is 5.97 Å². The molecule has 0 aliphatic heterocycles. The van der Waals surface area contributed by atoms with Gasteiger partial charge in [0.05, 0.1) is 5.56 Å². The summed E-state index contributed by atoms with van der Waals surface area (Å²) < 4.78 is 6.50. The first-order valence-electron chi connectivity index (χ1n) is 13.2. The van der Waals surface area contributed by atoms with E-state index in [2.05, 4.69) is 24.3 Å². The molecular formula is C37H27O2P. The molecule has 0 aliphatic rings. The summed E-state index contributed by atoms with van der Waals surface area (Å²) in [6.45, 7) is 0. The van der Waals surface area contributed by atoms with Crippen LogP contribution in [0.25, 0.3) is 33.4 Å². The maximum Gasteiger partial charge on any atom is 0.342 e. The van der Waals surface area contributed by atoms with Crippen molar-refractivity contribution in [3.8, 4) is 33.4 Å². The fraction of sp³-hybridized carbons (Fsp3) is 0. The molecular weight excluding hydrogens is 507 g/mol. The van der Waals surface area contributed by atoms with Crippen molar-refractivity contribution >= 4 is 24.7 Å². The first-order valence-corrected chi connectivity index (χ1v) is 14.5. The van der Waals surface area contributed by atoms with Crippen molar-refractivity contribution in [2.75, 3.05) is 0 Å². The van der Waals surface area contributed by atoms with Gasteiger partial charge in [-0.1, -0.05) is 152 Å². The minimum Gasteiger partial charge on any atom is -0.431 e. The second-order valence-electron chi connectivity index (χ2n) is 9.39. The van der Waals surface area contributed by atoms with Gasteiger partial charge in [0, 0.05) is 10.6 Å². The van der Waals surface area contributed by atoms with Crippen molar-refractivity contribution in [1.82, 2.24) is 0 Å². The second-order valence-corrected chi connectivity index (χ2v) is 11.2. The van der Waals surface area contributed by atoms with E-state index in [1.165, 1.54) is 0 Å². The number of carbonyl (C=O) groups is 1. The Hall–Kier alpha value is -4.78. The molecule has 0 aliphatic carbocycles. The maximum absolute atomic E-state index is 14.4. The average molecular weight is 535 g/mol. The molecule has 40 heavy (non-hydrogen) atoms. The third-order valence-corrected chi connectivity index (χ3v) is 8.66. The van der Waals surface area contributed by atoms with Crippen LogP contribution in [0.4, 0.5) is 0 Å². The summed E-state index contributed by atoms with van der Waals surface area (Å²) in [6, 6.07) is 54.7. The zero-order chi connectivity index (χ0) is 27.1. The van der Waals surface area contributed by atoms with Crippen molar-refractivity contribution in [3.63, 3.8) is 0 Å². The Labute approximate surface area is 236 Å². The summed E-state index contributed by atoms with van der Waals surface area (Å²) in [6.07, 6.45) is 0. The molecule has 0 saturated heterocycles. The zero-order valence-corrected chi connectivity index (χ0v) is 22.7. The molecule has 3 heteroatoms. The van der Waals surface area contributed by atoms with Crippen molar-refractivity contribution in [2.45, 2.75) is 0 Å². The van der Waals surface area contributed by atoms with Crippen LogP contribution in [0.5, 0.6) is 0 Å². The summed E-state index contributed by atoms with van der Waals surface area (Å²) in [4.78, 5) is 14.4. The van der Waals surface area contributed by atoms with Crippen LogP contribution in [0, 0.1) is 0 Å². The number of rotatable bonds is 7. The van der Waals surface area contributed by atoms with Crippen LogP contribution in [0.1, 0.15) is 10.4 Å². The lowest BCUT2D eigenvalue weighted by molar-refractivity contribution is 0.0760. The van der Waals surface area contributed by atoms with E-state index in [9.17, 15) is 4.79 Å². The minimum absolute atomic E-state index is 0.337. The largest absolute Gasteiger partial charge is 0.431 e. The lowest BCUT2D eigenvalue weighted by Gasteiger charge is -2.22. The van der Waals surface area contributed by atoms with Crippen molar-refractivity contribution < 1.29 is 9.32 Å². The third-order valence-electron chi connectivity index (χ3n) is 6.77. The van der Waals surface area contributed by atoms with E-state index < -0.39 is 8.15 Å². The van der Waals surface area contributed by atoms with Crippen LogP contribution in [0.3, 0.4) is 0 Å². The van der Waals surface area contributed by atoms with Gasteiger partial charge in [-0.25, -0.2) is 4.79 Å². The van der Waals surface area contributed by atoms with Crippen LogP contribution in [-0.2, 0) is 4.52 Å². The normalized spacial score (nSPS) is 10.8. The summed E-state index contributed by atoms with van der Waals surface area (Å²) in [7, 11) is -1.38. The minimum atomic E-state index is -1.38. The molecule has 0 bridgehead atoms. The Morgan fingerprint density at radius 1 is 0.425 bits per heavy atom. The highest BCUT2D eigenvalue weighted by Gasteiger charge is 2.26. The summed E-state index contributed by atoms with van der Waals surface area (Å²) in [5.74, 6) is -0.337. The van der Waals surface area contributed by atoms with Gasteiger partial charge in [-0.05, 0) is 45.5 Å². The van der Waals surface area contributed by atoms with Crippen LogP contribution < -0.4 is 10.6 Å². The van der Waals surface area contributed by atoms with Crippen molar-refractivity contribution in [3.05, 3.63) is 169 Å². The van der Waals surface area contributed by atoms with Gasteiger partial charge in [0.2, 0.25) is 0 Å².